The van der Waals surface area contributed by atoms with Crippen LogP contribution in [0.5, 0.6) is 0 Å². The minimum Gasteiger partial charge on any atom is -0.331 e. The quantitative estimate of drug-likeness (QED) is 0.451. The molecule has 0 unspecified atom stereocenters. The molecule has 0 aliphatic rings. The van der Waals surface area contributed by atoms with Gasteiger partial charge in [-0.3, -0.25) is 9.59 Å². The van der Waals surface area contributed by atoms with E-state index in [1.807, 2.05) is 65.6 Å². The molecule has 0 atom stereocenters. The molecule has 0 aliphatic heterocycles. The SMILES string of the molecule is CC(C)n1ncc2cc(NC(=O)Cn3c4ccccc4c(=O)c4ccccc43)cnc21. The summed E-state index contributed by atoms with van der Waals surface area (Å²) in [5.41, 5.74) is 2.82. The van der Waals surface area contributed by atoms with Gasteiger partial charge in [0, 0.05) is 22.2 Å². The summed E-state index contributed by atoms with van der Waals surface area (Å²) in [7, 11) is 0. The summed E-state index contributed by atoms with van der Waals surface area (Å²) in [5.74, 6) is -0.198. The molecular weight excluding hydrogens is 390 g/mol. The highest BCUT2D eigenvalue weighted by Crippen LogP contribution is 2.21. The van der Waals surface area contributed by atoms with E-state index < -0.39 is 0 Å². The number of anilines is 1. The van der Waals surface area contributed by atoms with Gasteiger partial charge in [0.2, 0.25) is 5.91 Å². The Hall–Kier alpha value is -4.00. The van der Waals surface area contributed by atoms with Crippen molar-refractivity contribution in [2.75, 3.05) is 5.32 Å². The second-order valence-electron chi connectivity index (χ2n) is 7.82. The zero-order valence-electron chi connectivity index (χ0n) is 17.2. The van der Waals surface area contributed by atoms with Crippen LogP contribution in [0.1, 0.15) is 19.9 Å². The molecule has 5 aromatic rings. The number of fused-ring (bicyclic) bond motifs is 3. The molecule has 154 valence electrons. The van der Waals surface area contributed by atoms with Crippen molar-refractivity contribution in [1.82, 2.24) is 19.3 Å². The summed E-state index contributed by atoms with van der Waals surface area (Å²) in [6.07, 6.45) is 3.39. The fourth-order valence-corrected chi connectivity index (χ4v) is 3.98. The minimum absolute atomic E-state index is 0.0281. The first-order chi connectivity index (χ1) is 15.0. The lowest BCUT2D eigenvalue weighted by Gasteiger charge is -2.15. The normalized spacial score (nSPS) is 11.6. The van der Waals surface area contributed by atoms with Crippen LogP contribution in [-0.2, 0) is 11.3 Å². The molecule has 2 aromatic carbocycles. The molecule has 5 rings (SSSR count). The zero-order chi connectivity index (χ0) is 21.5. The number of para-hydroxylation sites is 2. The smallest absolute Gasteiger partial charge is 0.244 e. The predicted octanol–water partition coefficient (Wildman–Crippen LogP) is 4.12. The topological polar surface area (TPSA) is 81.8 Å². The van der Waals surface area contributed by atoms with Crippen molar-refractivity contribution in [3.63, 3.8) is 0 Å². The molecule has 0 saturated carbocycles. The van der Waals surface area contributed by atoms with Crippen LogP contribution in [-0.4, -0.2) is 25.2 Å². The fraction of sp³-hybridized carbons (Fsp3) is 0.167. The van der Waals surface area contributed by atoms with Gasteiger partial charge in [0.15, 0.2) is 11.1 Å². The average Bonchev–Trinajstić information content (AvgIpc) is 3.20. The van der Waals surface area contributed by atoms with Gasteiger partial charge in [-0.05, 0) is 44.2 Å². The molecule has 0 aliphatic carbocycles. The van der Waals surface area contributed by atoms with E-state index in [1.54, 1.807) is 24.5 Å². The number of pyridine rings is 2. The predicted molar refractivity (Wildman–Crippen MR) is 122 cm³/mol. The summed E-state index contributed by atoms with van der Waals surface area (Å²) in [5, 5.41) is 9.35. The van der Waals surface area contributed by atoms with E-state index in [-0.39, 0.29) is 23.9 Å². The Labute approximate surface area is 177 Å². The summed E-state index contributed by atoms with van der Waals surface area (Å²) in [6, 6.07) is 16.8. The summed E-state index contributed by atoms with van der Waals surface area (Å²) >= 11 is 0. The van der Waals surface area contributed by atoms with Gasteiger partial charge in [-0.2, -0.15) is 5.10 Å². The van der Waals surface area contributed by atoms with Gasteiger partial charge in [-0.1, -0.05) is 24.3 Å². The van der Waals surface area contributed by atoms with Crippen molar-refractivity contribution < 1.29 is 4.79 Å². The van der Waals surface area contributed by atoms with Crippen LogP contribution in [0.25, 0.3) is 32.8 Å². The lowest BCUT2D eigenvalue weighted by atomic mass is 10.1. The van der Waals surface area contributed by atoms with Gasteiger partial charge in [0.1, 0.15) is 6.54 Å². The van der Waals surface area contributed by atoms with Crippen LogP contribution >= 0.6 is 0 Å². The highest BCUT2D eigenvalue weighted by atomic mass is 16.2. The van der Waals surface area contributed by atoms with E-state index in [1.165, 1.54) is 0 Å². The zero-order valence-corrected chi connectivity index (χ0v) is 17.2. The highest BCUT2D eigenvalue weighted by molar-refractivity contribution is 5.97. The minimum atomic E-state index is -0.198. The number of carbonyl (C=O) groups excluding carboxylic acids is 1. The monoisotopic (exact) mass is 411 g/mol. The van der Waals surface area contributed by atoms with Crippen LogP contribution < -0.4 is 10.7 Å². The van der Waals surface area contributed by atoms with Crippen molar-refractivity contribution in [3.8, 4) is 0 Å². The molecule has 3 heterocycles. The number of hydrogen-bond donors (Lipinski definition) is 1. The molecule has 0 bridgehead atoms. The van der Waals surface area contributed by atoms with Crippen LogP contribution in [0.15, 0.2) is 71.8 Å². The number of carbonyl (C=O) groups is 1. The number of rotatable bonds is 4. The van der Waals surface area contributed by atoms with Crippen LogP contribution in [0.2, 0.25) is 0 Å². The van der Waals surface area contributed by atoms with Crippen molar-refractivity contribution in [2.45, 2.75) is 26.4 Å². The highest BCUT2D eigenvalue weighted by Gasteiger charge is 2.14. The molecule has 31 heavy (non-hydrogen) atoms. The third-order valence-corrected chi connectivity index (χ3v) is 5.39. The van der Waals surface area contributed by atoms with E-state index in [4.69, 9.17) is 0 Å². The second-order valence-corrected chi connectivity index (χ2v) is 7.82. The molecule has 0 fully saturated rings. The number of hydrogen-bond acceptors (Lipinski definition) is 4. The summed E-state index contributed by atoms with van der Waals surface area (Å²) in [6.45, 7) is 4.16. The van der Waals surface area contributed by atoms with Gasteiger partial charge >= 0.3 is 0 Å². The Balaban J connectivity index is 1.51. The number of benzene rings is 2. The van der Waals surface area contributed by atoms with E-state index in [2.05, 4.69) is 15.4 Å². The van der Waals surface area contributed by atoms with Crippen LogP contribution in [0.4, 0.5) is 5.69 Å². The molecule has 1 amide bonds. The maximum Gasteiger partial charge on any atom is 0.244 e. The van der Waals surface area contributed by atoms with Gasteiger partial charge in [-0.15, -0.1) is 0 Å². The second kappa shape index (κ2) is 7.36. The Morgan fingerprint density at radius 3 is 2.29 bits per heavy atom. The molecular formula is C24H21N5O2. The van der Waals surface area contributed by atoms with Gasteiger partial charge in [-0.25, -0.2) is 9.67 Å². The Morgan fingerprint density at radius 1 is 1.00 bits per heavy atom. The third kappa shape index (κ3) is 3.24. The lowest BCUT2D eigenvalue weighted by Crippen LogP contribution is -2.21. The maximum atomic E-state index is 12.9. The van der Waals surface area contributed by atoms with Crippen molar-refractivity contribution >= 4 is 44.4 Å². The molecule has 3 aromatic heterocycles. The van der Waals surface area contributed by atoms with Crippen molar-refractivity contribution in [2.24, 2.45) is 0 Å². The number of aromatic nitrogens is 4. The maximum absolute atomic E-state index is 12.9. The standard InChI is InChI=1S/C24H21N5O2/c1-15(2)29-24-16(12-26-29)11-17(13-25-24)27-22(30)14-28-20-9-5-3-7-18(20)23(31)19-8-4-6-10-21(19)28/h3-13,15H,14H2,1-2H3,(H,27,30). The molecule has 7 heteroatoms. The largest absolute Gasteiger partial charge is 0.331 e. The summed E-state index contributed by atoms with van der Waals surface area (Å²) in [4.78, 5) is 30.3. The Morgan fingerprint density at radius 2 is 1.65 bits per heavy atom. The lowest BCUT2D eigenvalue weighted by molar-refractivity contribution is -0.116. The van der Waals surface area contributed by atoms with E-state index >= 15 is 0 Å². The van der Waals surface area contributed by atoms with Gasteiger partial charge < -0.3 is 9.88 Å². The summed E-state index contributed by atoms with van der Waals surface area (Å²) < 4.78 is 3.73. The molecule has 0 saturated heterocycles. The van der Waals surface area contributed by atoms with Crippen molar-refractivity contribution in [1.29, 1.82) is 0 Å². The fourth-order valence-electron chi connectivity index (χ4n) is 3.98. The van der Waals surface area contributed by atoms with E-state index in [9.17, 15) is 9.59 Å². The van der Waals surface area contributed by atoms with Crippen molar-refractivity contribution in [3.05, 3.63) is 77.2 Å². The first-order valence-corrected chi connectivity index (χ1v) is 10.2. The Kier molecular flexibility index (Phi) is 4.51. The van der Waals surface area contributed by atoms with Crippen LogP contribution in [0, 0.1) is 0 Å². The molecule has 1 N–H and O–H groups in total. The van der Waals surface area contributed by atoms with Gasteiger partial charge in [0.05, 0.1) is 29.1 Å². The number of amides is 1. The average molecular weight is 411 g/mol. The first-order valence-electron chi connectivity index (χ1n) is 10.2. The van der Waals surface area contributed by atoms with Gasteiger partial charge in [0.25, 0.3) is 0 Å². The van der Waals surface area contributed by atoms with Crippen LogP contribution in [0.3, 0.4) is 0 Å². The molecule has 0 radical (unpaired) electrons. The van der Waals surface area contributed by atoms with E-state index in [0.29, 0.717) is 16.5 Å². The Bertz CT molecular complexity index is 1450. The number of nitrogens with zero attached hydrogens (tertiary/aromatic N) is 4. The molecule has 0 spiro atoms. The number of nitrogens with one attached hydrogen (secondary N) is 1. The molecule has 7 nitrogen and oxygen atoms in total. The third-order valence-electron chi connectivity index (χ3n) is 5.39. The van der Waals surface area contributed by atoms with E-state index in [0.717, 1.165) is 22.1 Å². The first kappa shape index (κ1) is 19.0.